The number of halogens is 1. The summed E-state index contributed by atoms with van der Waals surface area (Å²) < 4.78 is 1.25. The highest BCUT2D eigenvalue weighted by molar-refractivity contribution is 14.1. The van der Waals surface area contributed by atoms with Crippen LogP contribution in [0.3, 0.4) is 0 Å². The maximum absolute atomic E-state index is 4.10. The molecule has 84 valence electrons. The summed E-state index contributed by atoms with van der Waals surface area (Å²) in [5.41, 5.74) is 2.24. The maximum Gasteiger partial charge on any atom is 0.0997 e. The lowest BCUT2D eigenvalue weighted by molar-refractivity contribution is 0.574. The third-order valence-corrected chi connectivity index (χ3v) is 3.21. The van der Waals surface area contributed by atoms with Crippen molar-refractivity contribution < 1.29 is 0 Å². The molecule has 5 heteroatoms. The number of H-pyrrole nitrogens is 1. The van der Waals surface area contributed by atoms with Gasteiger partial charge in [-0.3, -0.25) is 0 Å². The van der Waals surface area contributed by atoms with Crippen LogP contribution in [0.5, 0.6) is 0 Å². The summed E-state index contributed by atoms with van der Waals surface area (Å²) in [4.78, 5) is 0. The summed E-state index contributed by atoms with van der Waals surface area (Å²) >= 11 is 2.31. The van der Waals surface area contributed by atoms with E-state index in [-0.39, 0.29) is 6.04 Å². The minimum Gasteiger partial charge on any atom is -0.311 e. The normalized spacial score (nSPS) is 12.6. The lowest BCUT2D eigenvalue weighted by Gasteiger charge is -2.13. The maximum atomic E-state index is 4.10. The van der Waals surface area contributed by atoms with Crippen molar-refractivity contribution in [2.75, 3.05) is 7.05 Å². The monoisotopic (exact) mass is 328 g/mol. The van der Waals surface area contributed by atoms with Gasteiger partial charge in [0.1, 0.15) is 0 Å². The Labute approximate surface area is 108 Å². The van der Waals surface area contributed by atoms with Gasteiger partial charge in [0.25, 0.3) is 0 Å². The van der Waals surface area contributed by atoms with E-state index in [4.69, 9.17) is 0 Å². The summed E-state index contributed by atoms with van der Waals surface area (Å²) in [5.74, 6) is 0. The van der Waals surface area contributed by atoms with Gasteiger partial charge < -0.3 is 5.32 Å². The standard InChI is InChI=1S/C11H13IN4/c1-13-10(11-7-14-16-15-11)6-8-2-4-9(12)5-3-8/h2-5,7,10,13H,6H2,1H3,(H,14,15,16). The SMILES string of the molecule is CNC(Cc1ccc(I)cc1)c1cn[nH]n1. The third kappa shape index (κ3) is 2.79. The zero-order valence-corrected chi connectivity index (χ0v) is 11.1. The highest BCUT2D eigenvalue weighted by atomic mass is 127. The topological polar surface area (TPSA) is 53.6 Å². The van der Waals surface area contributed by atoms with E-state index in [1.54, 1.807) is 6.20 Å². The average Bonchev–Trinajstić information content (AvgIpc) is 2.82. The Balaban J connectivity index is 2.10. The van der Waals surface area contributed by atoms with Gasteiger partial charge in [-0.1, -0.05) is 12.1 Å². The van der Waals surface area contributed by atoms with Gasteiger partial charge in [-0.15, -0.1) is 0 Å². The number of aromatic amines is 1. The average molecular weight is 328 g/mol. The van der Waals surface area contributed by atoms with Gasteiger partial charge in [0.2, 0.25) is 0 Å². The number of likely N-dealkylation sites (N-methyl/N-ethyl adjacent to an activating group) is 1. The van der Waals surface area contributed by atoms with Gasteiger partial charge in [0, 0.05) is 3.57 Å². The molecule has 0 aliphatic rings. The van der Waals surface area contributed by atoms with Crippen molar-refractivity contribution in [1.82, 2.24) is 20.7 Å². The van der Waals surface area contributed by atoms with E-state index in [0.29, 0.717) is 0 Å². The Morgan fingerprint density at radius 1 is 1.38 bits per heavy atom. The minimum atomic E-state index is 0.207. The first-order valence-electron chi connectivity index (χ1n) is 5.07. The predicted octanol–water partition coefficient (Wildman–Crippen LogP) is 1.91. The molecular formula is C11H13IN4. The van der Waals surface area contributed by atoms with Crippen LogP contribution in [-0.2, 0) is 6.42 Å². The lowest BCUT2D eigenvalue weighted by Crippen LogP contribution is -2.19. The molecule has 2 aromatic rings. The molecule has 0 spiro atoms. The van der Waals surface area contributed by atoms with Gasteiger partial charge >= 0.3 is 0 Å². The van der Waals surface area contributed by atoms with Gasteiger partial charge in [-0.05, 0) is 53.8 Å². The molecule has 1 aromatic carbocycles. The van der Waals surface area contributed by atoms with Crippen LogP contribution in [-0.4, -0.2) is 22.5 Å². The number of hydrogen-bond acceptors (Lipinski definition) is 3. The first-order chi connectivity index (χ1) is 7.79. The number of rotatable bonds is 4. The molecule has 1 aromatic heterocycles. The Hall–Kier alpha value is -0.950. The quantitative estimate of drug-likeness (QED) is 0.843. The van der Waals surface area contributed by atoms with Crippen LogP contribution in [0.15, 0.2) is 30.5 Å². The second kappa shape index (κ2) is 5.40. The number of benzene rings is 1. The molecule has 4 nitrogen and oxygen atoms in total. The largest absolute Gasteiger partial charge is 0.311 e. The zero-order valence-electron chi connectivity index (χ0n) is 8.94. The van der Waals surface area contributed by atoms with E-state index in [1.807, 2.05) is 7.05 Å². The Morgan fingerprint density at radius 2 is 2.12 bits per heavy atom. The van der Waals surface area contributed by atoms with Crippen LogP contribution < -0.4 is 5.32 Å². The molecule has 0 radical (unpaired) electrons. The lowest BCUT2D eigenvalue weighted by atomic mass is 10.0. The molecule has 1 heterocycles. The predicted molar refractivity (Wildman–Crippen MR) is 71.0 cm³/mol. The Kier molecular flexibility index (Phi) is 3.89. The van der Waals surface area contributed by atoms with E-state index < -0.39 is 0 Å². The number of nitrogens with zero attached hydrogens (tertiary/aromatic N) is 2. The van der Waals surface area contributed by atoms with Crippen molar-refractivity contribution >= 4 is 22.6 Å². The smallest absolute Gasteiger partial charge is 0.0997 e. The number of hydrogen-bond donors (Lipinski definition) is 2. The zero-order chi connectivity index (χ0) is 11.4. The summed E-state index contributed by atoms with van der Waals surface area (Å²) in [6.07, 6.45) is 2.67. The molecule has 0 saturated carbocycles. The molecular weight excluding hydrogens is 315 g/mol. The van der Waals surface area contributed by atoms with Crippen molar-refractivity contribution in [2.45, 2.75) is 12.5 Å². The van der Waals surface area contributed by atoms with Crippen molar-refractivity contribution in [1.29, 1.82) is 0 Å². The van der Waals surface area contributed by atoms with Crippen LogP contribution >= 0.6 is 22.6 Å². The van der Waals surface area contributed by atoms with Crippen molar-refractivity contribution in [2.24, 2.45) is 0 Å². The van der Waals surface area contributed by atoms with Gasteiger partial charge in [0.15, 0.2) is 0 Å². The molecule has 0 fully saturated rings. The molecule has 0 saturated heterocycles. The van der Waals surface area contributed by atoms with Crippen LogP contribution in [0.1, 0.15) is 17.3 Å². The molecule has 0 bridgehead atoms. The van der Waals surface area contributed by atoms with E-state index >= 15 is 0 Å². The van der Waals surface area contributed by atoms with E-state index in [0.717, 1.165) is 12.1 Å². The van der Waals surface area contributed by atoms with Crippen LogP contribution in [0.2, 0.25) is 0 Å². The van der Waals surface area contributed by atoms with Crippen LogP contribution in [0, 0.1) is 3.57 Å². The summed E-state index contributed by atoms with van der Waals surface area (Å²) in [5, 5.41) is 13.8. The van der Waals surface area contributed by atoms with E-state index in [2.05, 4.69) is 67.6 Å². The highest BCUT2D eigenvalue weighted by Crippen LogP contribution is 2.16. The highest BCUT2D eigenvalue weighted by Gasteiger charge is 2.12. The number of nitrogens with one attached hydrogen (secondary N) is 2. The van der Waals surface area contributed by atoms with Gasteiger partial charge in [-0.25, -0.2) is 0 Å². The van der Waals surface area contributed by atoms with Crippen LogP contribution in [0.4, 0.5) is 0 Å². The van der Waals surface area contributed by atoms with Crippen molar-refractivity contribution in [3.8, 4) is 0 Å². The van der Waals surface area contributed by atoms with Crippen LogP contribution in [0.25, 0.3) is 0 Å². The summed E-state index contributed by atoms with van der Waals surface area (Å²) in [7, 11) is 1.94. The molecule has 2 rings (SSSR count). The number of aromatic nitrogens is 3. The van der Waals surface area contributed by atoms with E-state index in [1.165, 1.54) is 9.13 Å². The van der Waals surface area contributed by atoms with Gasteiger partial charge in [-0.2, -0.15) is 15.4 Å². The summed E-state index contributed by atoms with van der Waals surface area (Å²) in [6, 6.07) is 8.73. The molecule has 16 heavy (non-hydrogen) atoms. The first kappa shape index (κ1) is 11.5. The van der Waals surface area contributed by atoms with Gasteiger partial charge in [0.05, 0.1) is 17.9 Å². The Morgan fingerprint density at radius 3 is 2.69 bits per heavy atom. The van der Waals surface area contributed by atoms with E-state index in [9.17, 15) is 0 Å². The molecule has 2 N–H and O–H groups in total. The fourth-order valence-electron chi connectivity index (χ4n) is 1.59. The fraction of sp³-hybridized carbons (Fsp3) is 0.273. The molecule has 0 aliphatic carbocycles. The van der Waals surface area contributed by atoms with Crippen molar-refractivity contribution in [3.63, 3.8) is 0 Å². The fourth-order valence-corrected chi connectivity index (χ4v) is 1.95. The summed E-state index contributed by atoms with van der Waals surface area (Å²) in [6.45, 7) is 0. The first-order valence-corrected chi connectivity index (χ1v) is 6.15. The van der Waals surface area contributed by atoms with Crippen molar-refractivity contribution in [3.05, 3.63) is 45.3 Å². The molecule has 1 atom stereocenters. The third-order valence-electron chi connectivity index (χ3n) is 2.49. The Bertz CT molecular complexity index is 424. The minimum absolute atomic E-state index is 0.207. The molecule has 0 amide bonds. The second-order valence-corrected chi connectivity index (χ2v) is 4.81. The second-order valence-electron chi connectivity index (χ2n) is 3.57. The molecule has 0 aliphatic heterocycles. The molecule has 1 unspecified atom stereocenters.